The van der Waals surface area contributed by atoms with Crippen LogP contribution in [-0.2, 0) is 6.16 Å². The molecule has 0 spiro atoms. The Labute approximate surface area is 187 Å². The minimum Gasteiger partial charge on any atom is -1.00 e. The summed E-state index contributed by atoms with van der Waals surface area (Å²) in [6, 6.07) is 38.0. The fourth-order valence-electron chi connectivity index (χ4n) is 4.27. The van der Waals surface area contributed by atoms with E-state index in [1.54, 1.807) is 0 Å². The molecule has 0 radical (unpaired) electrons. The van der Waals surface area contributed by atoms with Crippen molar-refractivity contribution in [2.24, 2.45) is 0 Å². The number of halogens is 1. The number of rotatable bonds is 5. The number of aryl methyl sites for hydroxylation is 1. The first-order chi connectivity index (χ1) is 14.1. The van der Waals surface area contributed by atoms with Crippen LogP contribution in [0.1, 0.15) is 22.3 Å². The lowest BCUT2D eigenvalue weighted by atomic mass is 10.1. The predicted octanol–water partition coefficient (Wildman–Crippen LogP) is 3.11. The van der Waals surface area contributed by atoms with E-state index >= 15 is 0 Å². The van der Waals surface area contributed by atoms with E-state index in [2.05, 4.69) is 124 Å². The van der Waals surface area contributed by atoms with Crippen LogP contribution >= 0.6 is 7.26 Å². The fraction of sp³-hybridized carbons (Fsp3) is 0.143. The third-order valence-corrected chi connectivity index (χ3v) is 10.6. The van der Waals surface area contributed by atoms with E-state index in [1.165, 1.54) is 38.2 Å². The van der Waals surface area contributed by atoms with E-state index in [0.717, 1.165) is 6.16 Å². The van der Waals surface area contributed by atoms with Crippen molar-refractivity contribution in [3.8, 4) is 0 Å². The second-order valence-electron chi connectivity index (χ2n) is 7.78. The molecule has 0 bridgehead atoms. The monoisotopic (exact) mass is 430 g/mol. The Bertz CT molecular complexity index is 1050. The molecule has 0 aromatic heterocycles. The van der Waals surface area contributed by atoms with Gasteiger partial charge in [0.1, 0.15) is 23.2 Å². The molecule has 2 heteroatoms. The number of hydrogen-bond acceptors (Lipinski definition) is 0. The van der Waals surface area contributed by atoms with Gasteiger partial charge >= 0.3 is 0 Å². The summed E-state index contributed by atoms with van der Waals surface area (Å²) in [6.45, 7) is 6.79. The molecule has 4 aromatic rings. The predicted molar refractivity (Wildman–Crippen MR) is 130 cm³/mol. The van der Waals surface area contributed by atoms with Gasteiger partial charge in [0.2, 0.25) is 0 Å². The van der Waals surface area contributed by atoms with Gasteiger partial charge in [0, 0.05) is 0 Å². The van der Waals surface area contributed by atoms with E-state index < -0.39 is 7.26 Å². The van der Waals surface area contributed by atoms with Gasteiger partial charge in [0.15, 0.2) is 0 Å². The molecule has 0 nitrogen and oxygen atoms in total. The molecular formula is C28H28ClP. The van der Waals surface area contributed by atoms with Crippen molar-refractivity contribution in [3.63, 3.8) is 0 Å². The maximum Gasteiger partial charge on any atom is 0.116 e. The molecule has 0 N–H and O–H groups in total. The second-order valence-corrected chi connectivity index (χ2v) is 11.2. The van der Waals surface area contributed by atoms with Crippen molar-refractivity contribution in [2.75, 3.05) is 0 Å². The molecule has 0 unspecified atom stereocenters. The summed E-state index contributed by atoms with van der Waals surface area (Å²) in [5.74, 6) is 0. The van der Waals surface area contributed by atoms with Crippen LogP contribution in [0.4, 0.5) is 0 Å². The zero-order valence-electron chi connectivity index (χ0n) is 17.8. The average molecular weight is 431 g/mol. The Hall–Kier alpha value is -2.40. The Morgan fingerprint density at radius 3 is 1.50 bits per heavy atom. The van der Waals surface area contributed by atoms with Gasteiger partial charge in [-0.1, -0.05) is 72.8 Å². The summed E-state index contributed by atoms with van der Waals surface area (Å²) in [5, 5.41) is 4.39. The van der Waals surface area contributed by atoms with E-state index in [4.69, 9.17) is 0 Å². The topological polar surface area (TPSA) is 0 Å². The van der Waals surface area contributed by atoms with Gasteiger partial charge in [-0.15, -0.1) is 0 Å². The van der Waals surface area contributed by atoms with Crippen molar-refractivity contribution in [2.45, 2.75) is 26.9 Å². The molecule has 0 aliphatic carbocycles. The number of hydrogen-bond donors (Lipinski definition) is 0. The summed E-state index contributed by atoms with van der Waals surface area (Å²) in [4.78, 5) is 0. The van der Waals surface area contributed by atoms with Crippen molar-refractivity contribution in [1.82, 2.24) is 0 Å². The van der Waals surface area contributed by atoms with Crippen molar-refractivity contribution in [1.29, 1.82) is 0 Å². The molecule has 0 aliphatic heterocycles. The maximum absolute atomic E-state index is 2.40. The fourth-order valence-corrected chi connectivity index (χ4v) is 8.85. The number of benzene rings is 4. The highest BCUT2D eigenvalue weighted by Crippen LogP contribution is 2.59. The minimum atomic E-state index is -1.86. The largest absolute Gasteiger partial charge is 1.00 e. The van der Waals surface area contributed by atoms with Gasteiger partial charge in [0.05, 0.1) is 6.16 Å². The van der Waals surface area contributed by atoms with Crippen LogP contribution in [0.5, 0.6) is 0 Å². The van der Waals surface area contributed by atoms with Gasteiger partial charge in [0.25, 0.3) is 0 Å². The van der Waals surface area contributed by atoms with Crippen LogP contribution in [0.15, 0.2) is 103 Å². The Kier molecular flexibility index (Phi) is 7.14. The molecular weight excluding hydrogens is 403 g/mol. The molecule has 4 aromatic carbocycles. The first kappa shape index (κ1) is 22.3. The lowest BCUT2D eigenvalue weighted by Gasteiger charge is -2.30. The highest BCUT2D eigenvalue weighted by Gasteiger charge is 2.46. The third kappa shape index (κ3) is 4.08. The van der Waals surface area contributed by atoms with Crippen LogP contribution in [0.2, 0.25) is 0 Å². The lowest BCUT2D eigenvalue weighted by molar-refractivity contribution is -0.00000587. The average Bonchev–Trinajstić information content (AvgIpc) is 2.78. The van der Waals surface area contributed by atoms with Crippen LogP contribution in [-0.4, -0.2) is 0 Å². The van der Waals surface area contributed by atoms with Crippen LogP contribution < -0.4 is 28.3 Å². The summed E-state index contributed by atoms with van der Waals surface area (Å²) >= 11 is 0. The van der Waals surface area contributed by atoms with Gasteiger partial charge in [-0.3, -0.25) is 0 Å². The quantitative estimate of drug-likeness (QED) is 0.427. The van der Waals surface area contributed by atoms with E-state index in [9.17, 15) is 0 Å². The Morgan fingerprint density at radius 2 is 1.00 bits per heavy atom. The smallest absolute Gasteiger partial charge is 0.116 e. The third-order valence-electron chi connectivity index (χ3n) is 6.10. The molecule has 0 saturated carbocycles. The highest BCUT2D eigenvalue weighted by atomic mass is 35.5. The Balaban J connectivity index is 0.00000256. The highest BCUT2D eigenvalue weighted by molar-refractivity contribution is 7.95. The zero-order chi connectivity index (χ0) is 20.3. The van der Waals surface area contributed by atoms with Gasteiger partial charge in [-0.2, -0.15) is 0 Å². The van der Waals surface area contributed by atoms with Crippen LogP contribution in [0.25, 0.3) is 0 Å². The lowest BCUT2D eigenvalue weighted by Crippen LogP contribution is -3.00. The molecule has 0 amide bonds. The van der Waals surface area contributed by atoms with Gasteiger partial charge in [-0.25, -0.2) is 0 Å². The summed E-state index contributed by atoms with van der Waals surface area (Å²) in [7, 11) is -1.86. The molecule has 0 heterocycles. The zero-order valence-corrected chi connectivity index (χ0v) is 19.5. The van der Waals surface area contributed by atoms with Crippen LogP contribution in [0, 0.1) is 20.8 Å². The molecule has 0 fully saturated rings. The standard InChI is InChI=1S/C28H28P.ClH/c1-22-19-20-28(24(3)23(22)2)29(26-15-9-5-10-16-26,27-17-11-6-12-18-27)21-25-13-7-4-8-14-25;/h4-20H,21H2,1-3H3;1H/q+1;/p-1. The summed E-state index contributed by atoms with van der Waals surface area (Å²) < 4.78 is 0. The van der Waals surface area contributed by atoms with Crippen molar-refractivity contribution in [3.05, 3.63) is 125 Å². The Morgan fingerprint density at radius 1 is 0.533 bits per heavy atom. The molecule has 0 saturated heterocycles. The summed E-state index contributed by atoms with van der Waals surface area (Å²) in [6.07, 6.45) is 1.03. The molecule has 4 rings (SSSR count). The minimum absolute atomic E-state index is 0. The summed E-state index contributed by atoms with van der Waals surface area (Å²) in [5.41, 5.74) is 5.60. The molecule has 0 atom stereocenters. The van der Waals surface area contributed by atoms with Crippen molar-refractivity contribution >= 4 is 23.2 Å². The SMILES string of the molecule is Cc1ccc([P+](Cc2ccccc2)(c2ccccc2)c2ccccc2)c(C)c1C.[Cl-]. The molecule has 152 valence electrons. The second kappa shape index (κ2) is 9.61. The normalized spacial score (nSPS) is 11.0. The van der Waals surface area contributed by atoms with E-state index in [-0.39, 0.29) is 12.4 Å². The first-order valence-electron chi connectivity index (χ1n) is 10.2. The van der Waals surface area contributed by atoms with Crippen molar-refractivity contribution < 1.29 is 12.4 Å². The van der Waals surface area contributed by atoms with E-state index in [0.29, 0.717) is 0 Å². The van der Waals surface area contributed by atoms with Gasteiger partial charge < -0.3 is 12.4 Å². The van der Waals surface area contributed by atoms with Crippen LogP contribution in [0.3, 0.4) is 0 Å². The molecule has 30 heavy (non-hydrogen) atoms. The van der Waals surface area contributed by atoms with Gasteiger partial charge in [-0.05, 0) is 73.4 Å². The molecule has 0 aliphatic rings. The maximum atomic E-state index is 2.40. The van der Waals surface area contributed by atoms with E-state index in [1.807, 2.05) is 0 Å². The first-order valence-corrected chi connectivity index (χ1v) is 12.2.